The van der Waals surface area contributed by atoms with Crippen molar-refractivity contribution in [3.05, 3.63) is 59.7 Å². The van der Waals surface area contributed by atoms with Crippen molar-refractivity contribution in [2.45, 2.75) is 50.7 Å². The van der Waals surface area contributed by atoms with E-state index in [-0.39, 0.29) is 10.5 Å². The number of sulfonamides is 1. The summed E-state index contributed by atoms with van der Waals surface area (Å²) in [6.45, 7) is 6.54. The Kier molecular flexibility index (Phi) is 7.71. The molecule has 1 N–H and O–H groups in total. The lowest BCUT2D eigenvalue weighted by Gasteiger charge is -2.16. The first-order valence-corrected chi connectivity index (χ1v) is 10.9. The number of benzene rings is 2. The van der Waals surface area contributed by atoms with Crippen LogP contribution in [0.15, 0.2) is 53.4 Å². The van der Waals surface area contributed by atoms with Crippen molar-refractivity contribution in [1.29, 1.82) is 0 Å². The zero-order valence-electron chi connectivity index (χ0n) is 16.7. The number of ether oxygens (including phenoxy) is 1. The summed E-state index contributed by atoms with van der Waals surface area (Å²) in [6, 6.07) is 11.3. The Hall–Kier alpha value is -2.06. The van der Waals surface area contributed by atoms with Crippen molar-refractivity contribution < 1.29 is 26.3 Å². The Labute approximate surface area is 170 Å². The van der Waals surface area contributed by atoms with Gasteiger partial charge < -0.3 is 4.74 Å². The van der Waals surface area contributed by atoms with Crippen molar-refractivity contribution in [3.63, 3.8) is 0 Å². The normalized spacial score (nSPS) is 13.5. The highest BCUT2D eigenvalue weighted by Crippen LogP contribution is 2.23. The van der Waals surface area contributed by atoms with Gasteiger partial charge in [0.1, 0.15) is 5.75 Å². The van der Waals surface area contributed by atoms with Gasteiger partial charge in [0.25, 0.3) is 0 Å². The molecule has 4 nitrogen and oxygen atoms in total. The molecule has 1 unspecified atom stereocenters. The molecule has 0 radical (unpaired) electrons. The number of hydrogen-bond donors (Lipinski definition) is 1. The predicted molar refractivity (Wildman–Crippen MR) is 106 cm³/mol. The van der Waals surface area contributed by atoms with Gasteiger partial charge in [0, 0.05) is 6.04 Å². The molecular formula is C21H26F3NO3S. The lowest BCUT2D eigenvalue weighted by Crippen LogP contribution is -2.27. The van der Waals surface area contributed by atoms with Crippen molar-refractivity contribution in [1.82, 2.24) is 4.72 Å². The average Bonchev–Trinajstić information content (AvgIpc) is 2.60. The molecule has 0 aliphatic heterocycles. The summed E-state index contributed by atoms with van der Waals surface area (Å²) in [5, 5.41) is 0. The van der Waals surface area contributed by atoms with Crippen molar-refractivity contribution >= 4 is 10.0 Å². The fourth-order valence-corrected chi connectivity index (χ4v) is 3.88. The minimum absolute atomic E-state index is 0.0116. The third-order valence-corrected chi connectivity index (χ3v) is 5.87. The van der Waals surface area contributed by atoms with Gasteiger partial charge in [0.05, 0.1) is 17.9 Å². The van der Waals surface area contributed by atoms with Crippen LogP contribution < -0.4 is 9.46 Å². The smallest absolute Gasteiger partial charge is 0.393 e. The summed E-state index contributed by atoms with van der Waals surface area (Å²) < 4.78 is 70.5. The first-order chi connectivity index (χ1) is 13.5. The Morgan fingerprint density at radius 1 is 0.966 bits per heavy atom. The molecule has 0 amide bonds. The highest BCUT2D eigenvalue weighted by Gasteiger charge is 2.28. The molecule has 2 aromatic carbocycles. The summed E-state index contributed by atoms with van der Waals surface area (Å²) in [5.74, 6) is 1.26. The summed E-state index contributed by atoms with van der Waals surface area (Å²) in [4.78, 5) is -0.0797. The van der Waals surface area contributed by atoms with Gasteiger partial charge >= 0.3 is 6.18 Å². The molecule has 0 spiro atoms. The van der Waals surface area contributed by atoms with E-state index >= 15 is 0 Å². The van der Waals surface area contributed by atoms with Gasteiger partial charge in [-0.05, 0) is 54.7 Å². The second-order valence-electron chi connectivity index (χ2n) is 7.38. The van der Waals surface area contributed by atoms with Crippen LogP contribution in [0.3, 0.4) is 0 Å². The van der Waals surface area contributed by atoms with Crippen LogP contribution in [0.5, 0.6) is 5.75 Å². The number of rotatable bonds is 9. The van der Waals surface area contributed by atoms with Crippen LogP contribution in [0.2, 0.25) is 0 Å². The topological polar surface area (TPSA) is 55.4 Å². The monoisotopic (exact) mass is 429 g/mol. The number of halogens is 3. The van der Waals surface area contributed by atoms with E-state index in [2.05, 4.69) is 18.6 Å². The maximum Gasteiger partial charge on any atom is 0.393 e. The van der Waals surface area contributed by atoms with E-state index in [0.29, 0.717) is 18.3 Å². The molecule has 0 aromatic heterocycles. The zero-order valence-corrected chi connectivity index (χ0v) is 17.5. The van der Waals surface area contributed by atoms with Crippen LogP contribution in [-0.4, -0.2) is 21.2 Å². The van der Waals surface area contributed by atoms with Crippen LogP contribution in [0.25, 0.3) is 0 Å². The van der Waals surface area contributed by atoms with E-state index < -0.39 is 28.7 Å². The van der Waals surface area contributed by atoms with Crippen LogP contribution in [-0.2, 0) is 16.4 Å². The minimum Gasteiger partial charge on any atom is -0.494 e. The van der Waals surface area contributed by atoms with E-state index in [0.717, 1.165) is 12.0 Å². The third-order valence-electron chi connectivity index (χ3n) is 4.31. The van der Waals surface area contributed by atoms with Crippen molar-refractivity contribution in [3.8, 4) is 5.75 Å². The quantitative estimate of drug-likeness (QED) is 0.592. The minimum atomic E-state index is -4.34. The lowest BCUT2D eigenvalue weighted by atomic mass is 10.1. The number of hydrogen-bond acceptors (Lipinski definition) is 3. The fourth-order valence-electron chi connectivity index (χ4n) is 2.65. The Balaban J connectivity index is 2.00. The van der Waals surface area contributed by atoms with Crippen LogP contribution in [0.1, 0.15) is 44.4 Å². The molecule has 8 heteroatoms. The summed E-state index contributed by atoms with van der Waals surface area (Å²) in [5.41, 5.74) is 0.760. The van der Waals surface area contributed by atoms with E-state index in [4.69, 9.17) is 4.74 Å². The summed E-state index contributed by atoms with van der Waals surface area (Å²) in [6.07, 6.45) is -4.49. The maximum atomic E-state index is 12.5. The Bertz CT molecular complexity index is 877. The fraction of sp³-hybridized carbons (Fsp3) is 0.429. The highest BCUT2D eigenvalue weighted by atomic mass is 32.2. The lowest BCUT2D eigenvalue weighted by molar-refractivity contribution is -0.127. The van der Waals surface area contributed by atoms with Gasteiger partial charge in [-0.1, -0.05) is 38.1 Å². The molecule has 2 rings (SSSR count). The molecule has 0 saturated heterocycles. The molecule has 0 fully saturated rings. The van der Waals surface area contributed by atoms with Crippen LogP contribution in [0.4, 0.5) is 13.2 Å². The molecule has 160 valence electrons. The molecule has 0 bridgehead atoms. The second-order valence-corrected chi connectivity index (χ2v) is 9.09. The molecule has 29 heavy (non-hydrogen) atoms. The standard InChI is InChI=1S/C21H26F3NO3S/c1-15(2)12-13-28-19-8-6-18(7-9-19)16(3)25-29(26,27)20-10-4-17(5-11-20)14-21(22,23)24/h4-11,15-16,25H,12-14H2,1-3H3. The largest absolute Gasteiger partial charge is 0.494 e. The zero-order chi connectivity index (χ0) is 21.7. The van der Waals surface area contributed by atoms with Gasteiger partial charge in [0.15, 0.2) is 0 Å². The number of alkyl halides is 3. The third kappa shape index (κ3) is 7.70. The van der Waals surface area contributed by atoms with E-state index in [1.54, 1.807) is 31.2 Å². The van der Waals surface area contributed by atoms with Gasteiger partial charge in [-0.15, -0.1) is 0 Å². The average molecular weight is 430 g/mol. The molecular weight excluding hydrogens is 403 g/mol. The molecule has 2 aromatic rings. The summed E-state index contributed by atoms with van der Waals surface area (Å²) in [7, 11) is -3.86. The summed E-state index contributed by atoms with van der Waals surface area (Å²) >= 11 is 0. The van der Waals surface area contributed by atoms with Crippen molar-refractivity contribution in [2.24, 2.45) is 5.92 Å². The molecule has 0 aliphatic carbocycles. The highest BCUT2D eigenvalue weighted by molar-refractivity contribution is 7.89. The first kappa shape index (κ1) is 23.2. The van der Waals surface area contributed by atoms with E-state index in [9.17, 15) is 21.6 Å². The SMILES string of the molecule is CC(C)CCOc1ccc(C(C)NS(=O)(=O)c2ccc(CC(F)(F)F)cc2)cc1. The van der Waals surface area contributed by atoms with Gasteiger partial charge in [-0.25, -0.2) is 13.1 Å². The second kappa shape index (κ2) is 9.63. The van der Waals surface area contributed by atoms with Crippen LogP contribution in [0, 0.1) is 5.92 Å². The number of nitrogens with one attached hydrogen (secondary N) is 1. The molecule has 1 atom stereocenters. The molecule has 0 heterocycles. The van der Waals surface area contributed by atoms with E-state index in [1.807, 2.05) is 0 Å². The van der Waals surface area contributed by atoms with Gasteiger partial charge in [0.2, 0.25) is 10.0 Å². The Morgan fingerprint density at radius 2 is 1.55 bits per heavy atom. The molecule has 0 saturated carbocycles. The van der Waals surface area contributed by atoms with Crippen molar-refractivity contribution in [2.75, 3.05) is 6.61 Å². The maximum absolute atomic E-state index is 12.5. The van der Waals surface area contributed by atoms with Gasteiger partial charge in [-0.3, -0.25) is 0 Å². The van der Waals surface area contributed by atoms with E-state index in [1.165, 1.54) is 24.3 Å². The van der Waals surface area contributed by atoms with Gasteiger partial charge in [-0.2, -0.15) is 13.2 Å². The first-order valence-electron chi connectivity index (χ1n) is 9.37. The predicted octanol–water partition coefficient (Wildman–Crippen LogP) is 5.26. The molecule has 0 aliphatic rings. The van der Waals surface area contributed by atoms with Crippen LogP contribution >= 0.6 is 0 Å². The Morgan fingerprint density at radius 3 is 2.07 bits per heavy atom.